The van der Waals surface area contributed by atoms with Crippen LogP contribution >= 0.6 is 11.8 Å². The molecule has 3 nitrogen and oxygen atoms in total. The average Bonchev–Trinajstić information content (AvgIpc) is 2.27. The van der Waals surface area contributed by atoms with Crippen LogP contribution in [-0.2, 0) is 11.0 Å². The Bertz CT molecular complexity index is 445. The molecular formula is C12H13ClF3NO2. The second-order valence-corrected chi connectivity index (χ2v) is 4.75. The highest BCUT2D eigenvalue weighted by Crippen LogP contribution is 2.31. The Morgan fingerprint density at radius 1 is 1.26 bits per heavy atom. The molecule has 1 atom stereocenters. The lowest BCUT2D eigenvalue weighted by Gasteiger charge is -2.26. The van der Waals surface area contributed by atoms with Crippen LogP contribution in [0.4, 0.5) is 18.9 Å². The van der Waals surface area contributed by atoms with Crippen molar-refractivity contribution in [3.05, 3.63) is 29.8 Å². The maximum Gasteiger partial charge on any atom is 0.416 e. The summed E-state index contributed by atoms with van der Waals surface area (Å²) >= 11 is 5.90. The zero-order valence-corrected chi connectivity index (χ0v) is 11.0. The van der Waals surface area contributed by atoms with Crippen molar-refractivity contribution in [1.29, 1.82) is 0 Å². The molecule has 0 aliphatic carbocycles. The highest BCUT2D eigenvalue weighted by Gasteiger charge is 2.32. The van der Waals surface area contributed by atoms with E-state index in [2.05, 4.69) is 0 Å². The number of nitrogens with zero attached hydrogens (tertiary/aromatic N) is 1. The number of hydrogen-bond acceptors (Lipinski definition) is 2. The number of hydrogen-bond donors (Lipinski definition) is 1. The fourth-order valence-corrected chi connectivity index (χ4v) is 2.02. The summed E-state index contributed by atoms with van der Waals surface area (Å²) in [5, 5.41) is 9.05. The smallest absolute Gasteiger partial charge is 0.416 e. The van der Waals surface area contributed by atoms with E-state index in [1.54, 1.807) is 13.8 Å². The quantitative estimate of drug-likeness (QED) is 0.860. The highest BCUT2D eigenvalue weighted by molar-refractivity contribution is 6.27. The van der Waals surface area contributed by atoms with Crippen molar-refractivity contribution in [1.82, 2.24) is 0 Å². The second-order valence-electron chi connectivity index (χ2n) is 4.38. The minimum atomic E-state index is -4.43. The van der Waals surface area contributed by atoms with Crippen molar-refractivity contribution >= 4 is 23.4 Å². The minimum Gasteiger partial charge on any atom is -0.480 e. The van der Waals surface area contributed by atoms with Crippen molar-refractivity contribution in [2.45, 2.75) is 26.1 Å². The van der Waals surface area contributed by atoms with Gasteiger partial charge in [0, 0.05) is 11.8 Å². The SMILES string of the molecule is CC(C)[C@H](C(=O)O)N(Cl)c1ccc(C(F)(F)F)cc1. The number of carbonyl (C=O) groups is 1. The molecule has 0 unspecified atom stereocenters. The largest absolute Gasteiger partial charge is 0.480 e. The third-order valence-electron chi connectivity index (χ3n) is 2.57. The number of anilines is 1. The van der Waals surface area contributed by atoms with Crippen molar-refractivity contribution < 1.29 is 23.1 Å². The van der Waals surface area contributed by atoms with Crippen LogP contribution in [0.3, 0.4) is 0 Å². The molecule has 1 rings (SSSR count). The average molecular weight is 296 g/mol. The summed E-state index contributed by atoms with van der Waals surface area (Å²) in [5.41, 5.74) is -0.603. The van der Waals surface area contributed by atoms with Gasteiger partial charge in [-0.05, 0) is 30.2 Å². The van der Waals surface area contributed by atoms with Gasteiger partial charge in [0.2, 0.25) is 0 Å². The summed E-state index contributed by atoms with van der Waals surface area (Å²) in [7, 11) is 0. The van der Waals surface area contributed by atoms with Gasteiger partial charge in [-0.1, -0.05) is 13.8 Å². The first kappa shape index (κ1) is 15.6. The van der Waals surface area contributed by atoms with Gasteiger partial charge in [-0.25, -0.2) is 4.79 Å². The third-order valence-corrected chi connectivity index (χ3v) is 2.98. The van der Waals surface area contributed by atoms with E-state index in [1.807, 2.05) is 0 Å². The molecule has 0 fully saturated rings. The predicted molar refractivity (Wildman–Crippen MR) is 66.0 cm³/mol. The first-order valence-corrected chi connectivity index (χ1v) is 5.83. The standard InChI is InChI=1S/C12H13ClF3NO2/c1-7(2)10(11(18)19)17(13)9-5-3-8(4-6-9)12(14,15)16/h3-7,10H,1-2H3,(H,18,19)/t10-/m1/s1. The normalized spacial score (nSPS) is 13.4. The number of benzene rings is 1. The molecule has 0 saturated heterocycles. The Morgan fingerprint density at radius 2 is 1.74 bits per heavy atom. The number of carboxylic acids is 1. The molecule has 0 amide bonds. The van der Waals surface area contributed by atoms with Crippen LogP contribution in [0.1, 0.15) is 19.4 Å². The van der Waals surface area contributed by atoms with Gasteiger partial charge in [0.05, 0.1) is 11.3 Å². The Balaban J connectivity index is 3.00. The van der Waals surface area contributed by atoms with Crippen LogP contribution in [0.15, 0.2) is 24.3 Å². The molecule has 1 aromatic rings. The molecule has 0 bridgehead atoms. The number of aliphatic carboxylic acids is 1. The molecule has 7 heteroatoms. The van der Waals surface area contributed by atoms with Crippen molar-refractivity contribution in [3.63, 3.8) is 0 Å². The van der Waals surface area contributed by atoms with E-state index in [0.29, 0.717) is 0 Å². The molecule has 0 heterocycles. The molecule has 0 aliphatic heterocycles. The van der Waals surface area contributed by atoms with Crippen molar-refractivity contribution in [2.24, 2.45) is 5.92 Å². The fraction of sp³-hybridized carbons (Fsp3) is 0.417. The monoisotopic (exact) mass is 295 g/mol. The van der Waals surface area contributed by atoms with Gasteiger partial charge >= 0.3 is 12.1 Å². The lowest BCUT2D eigenvalue weighted by Crippen LogP contribution is -2.39. The number of carboxylic acid groups (broad SMARTS) is 1. The summed E-state index contributed by atoms with van der Waals surface area (Å²) in [6.45, 7) is 3.33. The molecule has 1 N–H and O–H groups in total. The highest BCUT2D eigenvalue weighted by atomic mass is 35.5. The van der Waals surface area contributed by atoms with E-state index in [9.17, 15) is 18.0 Å². The van der Waals surface area contributed by atoms with E-state index in [1.165, 1.54) is 0 Å². The van der Waals surface area contributed by atoms with Gasteiger partial charge in [-0.2, -0.15) is 13.2 Å². The Kier molecular flexibility index (Phi) is 4.68. The van der Waals surface area contributed by atoms with Crippen LogP contribution in [0.5, 0.6) is 0 Å². The third kappa shape index (κ3) is 3.76. The molecule has 0 aromatic heterocycles. The molecule has 106 valence electrons. The first-order chi connectivity index (χ1) is 8.64. The maximum atomic E-state index is 12.4. The predicted octanol–water partition coefficient (Wildman–Crippen LogP) is 3.77. The van der Waals surface area contributed by atoms with Crippen LogP contribution in [0.25, 0.3) is 0 Å². The van der Waals surface area contributed by atoms with Gasteiger partial charge in [-0.15, -0.1) is 0 Å². The molecular weight excluding hydrogens is 283 g/mol. The van der Waals surface area contributed by atoms with Gasteiger partial charge in [0.1, 0.15) is 6.04 Å². The van der Waals surface area contributed by atoms with Crippen LogP contribution in [0.2, 0.25) is 0 Å². The Hall–Kier alpha value is -1.43. The lowest BCUT2D eigenvalue weighted by atomic mass is 10.0. The van der Waals surface area contributed by atoms with Crippen LogP contribution in [0, 0.1) is 5.92 Å². The zero-order valence-electron chi connectivity index (χ0n) is 10.3. The van der Waals surface area contributed by atoms with Gasteiger partial charge in [0.15, 0.2) is 0 Å². The van der Waals surface area contributed by atoms with Crippen molar-refractivity contribution in [3.8, 4) is 0 Å². The van der Waals surface area contributed by atoms with Crippen molar-refractivity contribution in [2.75, 3.05) is 4.42 Å². The molecule has 0 radical (unpaired) electrons. The summed E-state index contributed by atoms with van der Waals surface area (Å²) in [5.74, 6) is -1.43. The number of halogens is 4. The van der Waals surface area contributed by atoms with Crippen LogP contribution < -0.4 is 4.42 Å². The number of alkyl halides is 3. The Labute approximate surface area is 113 Å². The fourth-order valence-electron chi connectivity index (χ4n) is 1.60. The minimum absolute atomic E-state index is 0.204. The molecule has 0 saturated carbocycles. The second kappa shape index (κ2) is 5.69. The van der Waals surface area contributed by atoms with E-state index in [0.717, 1.165) is 28.7 Å². The topological polar surface area (TPSA) is 40.5 Å². The molecule has 0 spiro atoms. The van der Waals surface area contributed by atoms with E-state index in [-0.39, 0.29) is 11.6 Å². The van der Waals surface area contributed by atoms with Gasteiger partial charge in [0.25, 0.3) is 0 Å². The zero-order chi connectivity index (χ0) is 14.8. The van der Waals surface area contributed by atoms with Crippen LogP contribution in [-0.4, -0.2) is 17.1 Å². The van der Waals surface area contributed by atoms with Gasteiger partial charge in [-0.3, -0.25) is 4.42 Å². The van der Waals surface area contributed by atoms with Gasteiger partial charge < -0.3 is 5.11 Å². The maximum absolute atomic E-state index is 12.4. The summed E-state index contributed by atoms with van der Waals surface area (Å²) in [6.07, 6.45) is -4.43. The lowest BCUT2D eigenvalue weighted by molar-refractivity contribution is -0.139. The number of rotatable bonds is 4. The summed E-state index contributed by atoms with van der Waals surface area (Å²) in [4.78, 5) is 11.1. The van der Waals surface area contributed by atoms with E-state index < -0.39 is 23.8 Å². The molecule has 1 aromatic carbocycles. The van der Waals surface area contributed by atoms with E-state index in [4.69, 9.17) is 16.9 Å². The summed E-state index contributed by atoms with van der Waals surface area (Å²) in [6, 6.07) is 3.01. The first-order valence-electron chi connectivity index (χ1n) is 5.49. The molecule has 19 heavy (non-hydrogen) atoms. The van der Waals surface area contributed by atoms with E-state index >= 15 is 0 Å². The Morgan fingerprint density at radius 3 is 2.05 bits per heavy atom. The summed E-state index contributed by atoms with van der Waals surface area (Å²) < 4.78 is 38.1. The molecule has 0 aliphatic rings.